The molecule has 0 unspecified atom stereocenters. The highest BCUT2D eigenvalue weighted by molar-refractivity contribution is 5.81. The van der Waals surface area contributed by atoms with Crippen LogP contribution in [-0.4, -0.2) is 41.2 Å². The Kier molecular flexibility index (Phi) is 5.54. The van der Waals surface area contributed by atoms with E-state index in [-0.39, 0.29) is 18.0 Å². The number of carbonyl (C=O) groups excluding carboxylic acids is 1. The molecule has 6 nitrogen and oxygen atoms in total. The number of rotatable bonds is 6. The summed E-state index contributed by atoms with van der Waals surface area (Å²) in [6.07, 6.45) is 1.63. The summed E-state index contributed by atoms with van der Waals surface area (Å²) in [5, 5.41) is 5.50. The van der Waals surface area contributed by atoms with E-state index in [0.29, 0.717) is 18.5 Å². The van der Waals surface area contributed by atoms with Gasteiger partial charge in [0, 0.05) is 38.3 Å². The molecule has 1 aromatic heterocycles. The molecule has 6 heteroatoms. The number of benzene rings is 2. The molecule has 0 radical (unpaired) electrons. The van der Waals surface area contributed by atoms with Gasteiger partial charge in [0.15, 0.2) is 0 Å². The minimum atomic E-state index is -0.243. The molecule has 3 aromatic rings. The van der Waals surface area contributed by atoms with Crippen molar-refractivity contribution in [3.8, 4) is 0 Å². The predicted octanol–water partition coefficient (Wildman–Crippen LogP) is 2.51. The Morgan fingerprint density at radius 3 is 2.44 bits per heavy atom. The number of hydrogen-bond donors (Lipinski definition) is 0. The second kappa shape index (κ2) is 8.03. The van der Waals surface area contributed by atoms with E-state index in [2.05, 4.69) is 5.10 Å². The molecule has 1 heterocycles. The third kappa shape index (κ3) is 4.16. The van der Waals surface area contributed by atoms with Gasteiger partial charge in [0.1, 0.15) is 6.54 Å². The summed E-state index contributed by atoms with van der Waals surface area (Å²) in [7, 11) is 3.98. The molecule has 27 heavy (non-hydrogen) atoms. The fraction of sp³-hybridized carbons (Fsp3) is 0.286. The average molecular weight is 364 g/mol. The molecule has 0 N–H and O–H groups in total. The third-order valence-corrected chi connectivity index (χ3v) is 4.61. The Balaban J connectivity index is 1.75. The lowest BCUT2D eigenvalue weighted by molar-refractivity contribution is -0.132. The molecule has 0 spiro atoms. The van der Waals surface area contributed by atoms with Gasteiger partial charge in [-0.15, -0.1) is 0 Å². The van der Waals surface area contributed by atoms with Crippen LogP contribution in [0.25, 0.3) is 10.8 Å². The zero-order valence-electron chi connectivity index (χ0n) is 15.9. The first kappa shape index (κ1) is 18.6. The summed E-state index contributed by atoms with van der Waals surface area (Å²) in [4.78, 5) is 29.1. The molecule has 0 aliphatic carbocycles. The number of nitrogens with zero attached hydrogens (tertiary/aromatic N) is 4. The van der Waals surface area contributed by atoms with Gasteiger partial charge >= 0.3 is 0 Å². The number of carbonyl (C=O) groups is 1. The summed E-state index contributed by atoms with van der Waals surface area (Å²) in [5.41, 5.74) is 1.92. The van der Waals surface area contributed by atoms with E-state index in [0.717, 1.165) is 16.6 Å². The number of aromatic nitrogens is 2. The molecule has 0 atom stereocenters. The largest absolute Gasteiger partial charge is 0.378 e. The normalized spacial score (nSPS) is 10.8. The summed E-state index contributed by atoms with van der Waals surface area (Å²) < 4.78 is 1.24. The lowest BCUT2D eigenvalue weighted by atomic mass is 10.2. The Morgan fingerprint density at radius 1 is 1.07 bits per heavy atom. The molecular weight excluding hydrogens is 340 g/mol. The minimum Gasteiger partial charge on any atom is -0.378 e. The highest BCUT2D eigenvalue weighted by Gasteiger charge is 2.15. The van der Waals surface area contributed by atoms with Crippen LogP contribution in [0.4, 0.5) is 5.69 Å². The fourth-order valence-corrected chi connectivity index (χ4v) is 2.96. The molecule has 140 valence electrons. The third-order valence-electron chi connectivity index (χ3n) is 4.61. The monoisotopic (exact) mass is 364 g/mol. The van der Waals surface area contributed by atoms with Crippen molar-refractivity contribution in [3.05, 3.63) is 70.6 Å². The van der Waals surface area contributed by atoms with Gasteiger partial charge in [-0.1, -0.05) is 30.3 Å². The topological polar surface area (TPSA) is 58.4 Å². The van der Waals surface area contributed by atoms with Crippen LogP contribution in [-0.2, 0) is 17.9 Å². The zero-order valence-corrected chi connectivity index (χ0v) is 15.9. The van der Waals surface area contributed by atoms with Gasteiger partial charge in [-0.05, 0) is 30.7 Å². The summed E-state index contributed by atoms with van der Waals surface area (Å²) in [6, 6.07) is 15.4. The van der Waals surface area contributed by atoms with Crippen molar-refractivity contribution in [3.63, 3.8) is 0 Å². The first-order valence-electron chi connectivity index (χ1n) is 8.98. The summed E-state index contributed by atoms with van der Waals surface area (Å²) in [5.74, 6) is -0.126. The van der Waals surface area contributed by atoms with E-state index in [1.807, 2.05) is 68.4 Å². The lowest BCUT2D eigenvalue weighted by Crippen LogP contribution is -2.37. The molecule has 0 saturated heterocycles. The first-order chi connectivity index (χ1) is 13.0. The summed E-state index contributed by atoms with van der Waals surface area (Å²) in [6.45, 7) is 2.94. The van der Waals surface area contributed by atoms with Gasteiger partial charge in [0.2, 0.25) is 5.91 Å². The van der Waals surface area contributed by atoms with Crippen molar-refractivity contribution in [2.75, 3.05) is 25.5 Å². The van der Waals surface area contributed by atoms with Gasteiger partial charge in [-0.25, -0.2) is 4.68 Å². The second-order valence-electron chi connectivity index (χ2n) is 6.66. The molecule has 0 bridgehead atoms. The van der Waals surface area contributed by atoms with Crippen LogP contribution in [0.3, 0.4) is 0 Å². The quantitative estimate of drug-likeness (QED) is 0.674. The smallest absolute Gasteiger partial charge is 0.275 e. The van der Waals surface area contributed by atoms with E-state index in [9.17, 15) is 9.59 Å². The van der Waals surface area contributed by atoms with Gasteiger partial charge in [0.05, 0.1) is 11.6 Å². The molecule has 0 aliphatic heterocycles. The maximum Gasteiger partial charge on any atom is 0.275 e. The molecule has 0 aliphatic rings. The second-order valence-corrected chi connectivity index (χ2v) is 6.66. The van der Waals surface area contributed by atoms with Crippen molar-refractivity contribution in [2.24, 2.45) is 0 Å². The van der Waals surface area contributed by atoms with Crippen LogP contribution in [0, 0.1) is 0 Å². The van der Waals surface area contributed by atoms with Crippen LogP contribution >= 0.6 is 0 Å². The Labute approximate surface area is 158 Å². The molecule has 0 saturated carbocycles. The molecule has 1 amide bonds. The van der Waals surface area contributed by atoms with E-state index in [1.54, 1.807) is 17.2 Å². The standard InChI is InChI=1S/C21H24N4O2/c1-4-24(14-16-9-11-18(12-10-16)23(2)3)20(26)15-25-21(27)19-8-6-5-7-17(19)13-22-25/h5-13H,4,14-15H2,1-3H3. The maximum absolute atomic E-state index is 12.7. The summed E-state index contributed by atoms with van der Waals surface area (Å²) >= 11 is 0. The van der Waals surface area contributed by atoms with Gasteiger partial charge < -0.3 is 9.80 Å². The number of fused-ring (bicyclic) bond motifs is 1. The van der Waals surface area contributed by atoms with Crippen molar-refractivity contribution >= 4 is 22.4 Å². The van der Waals surface area contributed by atoms with Gasteiger partial charge in [-0.3, -0.25) is 9.59 Å². The van der Waals surface area contributed by atoms with Crippen molar-refractivity contribution in [2.45, 2.75) is 20.0 Å². The maximum atomic E-state index is 12.7. The molecule has 3 rings (SSSR count). The highest BCUT2D eigenvalue weighted by atomic mass is 16.2. The van der Waals surface area contributed by atoms with Crippen LogP contribution in [0.2, 0.25) is 0 Å². The zero-order chi connectivity index (χ0) is 19.4. The molecule has 2 aromatic carbocycles. The number of hydrogen-bond acceptors (Lipinski definition) is 4. The van der Waals surface area contributed by atoms with Crippen LogP contribution in [0.1, 0.15) is 12.5 Å². The van der Waals surface area contributed by atoms with E-state index in [1.165, 1.54) is 4.68 Å². The average Bonchev–Trinajstić information content (AvgIpc) is 2.68. The van der Waals surface area contributed by atoms with Crippen molar-refractivity contribution in [1.29, 1.82) is 0 Å². The fourth-order valence-electron chi connectivity index (χ4n) is 2.96. The van der Waals surface area contributed by atoms with Crippen molar-refractivity contribution in [1.82, 2.24) is 14.7 Å². The Hall–Kier alpha value is -3.15. The van der Waals surface area contributed by atoms with Gasteiger partial charge in [0.25, 0.3) is 5.56 Å². The van der Waals surface area contributed by atoms with E-state index < -0.39 is 0 Å². The Morgan fingerprint density at radius 2 is 1.78 bits per heavy atom. The molecule has 0 fully saturated rings. The lowest BCUT2D eigenvalue weighted by Gasteiger charge is -2.22. The van der Waals surface area contributed by atoms with Crippen LogP contribution in [0.15, 0.2) is 59.5 Å². The Bertz CT molecular complexity index is 993. The first-order valence-corrected chi connectivity index (χ1v) is 8.98. The van der Waals surface area contributed by atoms with E-state index >= 15 is 0 Å². The number of anilines is 1. The molecular formula is C21H24N4O2. The minimum absolute atomic E-state index is 0.0622. The van der Waals surface area contributed by atoms with Crippen molar-refractivity contribution < 1.29 is 4.79 Å². The van der Waals surface area contributed by atoms with Crippen LogP contribution < -0.4 is 10.5 Å². The number of amides is 1. The SMILES string of the molecule is CCN(Cc1ccc(N(C)C)cc1)C(=O)Cn1ncc2ccccc2c1=O. The highest BCUT2D eigenvalue weighted by Crippen LogP contribution is 2.14. The van der Waals surface area contributed by atoms with Gasteiger partial charge in [-0.2, -0.15) is 5.10 Å². The van der Waals surface area contributed by atoms with Crippen LogP contribution in [0.5, 0.6) is 0 Å². The number of likely N-dealkylation sites (N-methyl/N-ethyl adjacent to an activating group) is 1. The van der Waals surface area contributed by atoms with E-state index in [4.69, 9.17) is 0 Å². The predicted molar refractivity (Wildman–Crippen MR) is 108 cm³/mol.